The monoisotopic (exact) mass is 209 g/mol. The molecule has 0 radical (unpaired) electrons. The second kappa shape index (κ2) is 3.89. The maximum Gasteiger partial charge on any atom is 0.102 e. The van der Waals surface area contributed by atoms with Crippen LogP contribution in [0.3, 0.4) is 0 Å². The van der Waals surface area contributed by atoms with Gasteiger partial charge in [-0.05, 0) is 0 Å². The standard InChI is InChI=1S/C9H11N3OS/c1-12-4-8(11-5-12)9(13)2-7-3-10-6-14-7/h3-6,9,13H,2H2,1H3. The summed E-state index contributed by atoms with van der Waals surface area (Å²) >= 11 is 1.55. The number of aliphatic hydroxyl groups is 1. The van der Waals surface area contributed by atoms with E-state index in [4.69, 9.17) is 0 Å². The van der Waals surface area contributed by atoms with E-state index in [9.17, 15) is 5.11 Å². The van der Waals surface area contributed by atoms with Crippen molar-refractivity contribution in [3.8, 4) is 0 Å². The summed E-state index contributed by atoms with van der Waals surface area (Å²) in [6, 6.07) is 0. The molecular formula is C9H11N3OS. The second-order valence-electron chi connectivity index (χ2n) is 3.15. The Morgan fingerprint density at radius 2 is 2.50 bits per heavy atom. The van der Waals surface area contributed by atoms with Crippen molar-refractivity contribution in [2.24, 2.45) is 7.05 Å². The molecule has 74 valence electrons. The van der Waals surface area contributed by atoms with Gasteiger partial charge in [-0.25, -0.2) is 4.98 Å². The van der Waals surface area contributed by atoms with Gasteiger partial charge in [0.1, 0.15) is 6.10 Å². The maximum atomic E-state index is 9.81. The summed E-state index contributed by atoms with van der Waals surface area (Å²) in [4.78, 5) is 9.12. The number of thiazole rings is 1. The fourth-order valence-electron chi connectivity index (χ4n) is 1.24. The molecule has 0 aromatic carbocycles. The van der Waals surface area contributed by atoms with Gasteiger partial charge >= 0.3 is 0 Å². The maximum absolute atomic E-state index is 9.81. The lowest BCUT2D eigenvalue weighted by atomic mass is 10.2. The molecule has 0 fully saturated rings. The van der Waals surface area contributed by atoms with E-state index in [1.54, 1.807) is 29.4 Å². The van der Waals surface area contributed by atoms with Gasteiger partial charge in [0.15, 0.2) is 0 Å². The van der Waals surface area contributed by atoms with E-state index in [0.717, 1.165) is 4.88 Å². The van der Waals surface area contributed by atoms with Gasteiger partial charge in [0.05, 0.1) is 17.5 Å². The van der Waals surface area contributed by atoms with Gasteiger partial charge in [0.25, 0.3) is 0 Å². The lowest BCUT2D eigenvalue weighted by molar-refractivity contribution is 0.175. The van der Waals surface area contributed by atoms with Crippen LogP contribution < -0.4 is 0 Å². The normalized spacial score (nSPS) is 13.0. The van der Waals surface area contributed by atoms with E-state index in [1.165, 1.54) is 0 Å². The molecule has 2 aromatic heterocycles. The summed E-state index contributed by atoms with van der Waals surface area (Å²) < 4.78 is 1.82. The Morgan fingerprint density at radius 3 is 3.07 bits per heavy atom. The molecule has 14 heavy (non-hydrogen) atoms. The van der Waals surface area contributed by atoms with Crippen molar-refractivity contribution in [3.05, 3.63) is 34.8 Å². The lowest BCUT2D eigenvalue weighted by Crippen LogP contribution is -2.00. The summed E-state index contributed by atoms with van der Waals surface area (Å²) in [6.45, 7) is 0. The number of aromatic nitrogens is 3. The van der Waals surface area contributed by atoms with Gasteiger partial charge in [-0.3, -0.25) is 4.98 Å². The van der Waals surface area contributed by atoms with Gasteiger partial charge in [-0.15, -0.1) is 11.3 Å². The number of aryl methyl sites for hydroxylation is 1. The average Bonchev–Trinajstić information content (AvgIpc) is 2.75. The summed E-state index contributed by atoms with van der Waals surface area (Å²) in [7, 11) is 1.88. The summed E-state index contributed by atoms with van der Waals surface area (Å²) in [6.07, 6.45) is 5.34. The van der Waals surface area contributed by atoms with Crippen LogP contribution in [0.5, 0.6) is 0 Å². The smallest absolute Gasteiger partial charge is 0.102 e. The quantitative estimate of drug-likeness (QED) is 0.825. The van der Waals surface area contributed by atoms with Crippen LogP contribution in [0.15, 0.2) is 24.2 Å². The van der Waals surface area contributed by atoms with Gasteiger partial charge < -0.3 is 9.67 Å². The third-order valence-electron chi connectivity index (χ3n) is 1.94. The molecule has 2 aromatic rings. The molecule has 5 heteroatoms. The van der Waals surface area contributed by atoms with Gasteiger partial charge in [0, 0.05) is 30.7 Å². The van der Waals surface area contributed by atoms with Crippen LogP contribution in [-0.2, 0) is 13.5 Å². The van der Waals surface area contributed by atoms with Crippen LogP contribution >= 0.6 is 11.3 Å². The topological polar surface area (TPSA) is 50.9 Å². The van der Waals surface area contributed by atoms with Crippen LogP contribution in [-0.4, -0.2) is 19.6 Å². The van der Waals surface area contributed by atoms with Crippen LogP contribution in [0.2, 0.25) is 0 Å². The zero-order valence-electron chi connectivity index (χ0n) is 7.79. The molecular weight excluding hydrogens is 198 g/mol. The number of hydrogen-bond acceptors (Lipinski definition) is 4. The zero-order chi connectivity index (χ0) is 9.97. The molecule has 0 aliphatic heterocycles. The van der Waals surface area contributed by atoms with Gasteiger partial charge in [-0.1, -0.05) is 0 Å². The molecule has 2 heterocycles. The van der Waals surface area contributed by atoms with E-state index in [2.05, 4.69) is 9.97 Å². The van der Waals surface area contributed by atoms with Gasteiger partial charge in [0.2, 0.25) is 0 Å². The first-order valence-corrected chi connectivity index (χ1v) is 5.17. The van der Waals surface area contributed by atoms with Crippen molar-refractivity contribution in [2.75, 3.05) is 0 Å². The van der Waals surface area contributed by atoms with Crippen molar-refractivity contribution < 1.29 is 5.11 Å². The largest absolute Gasteiger partial charge is 0.386 e. The van der Waals surface area contributed by atoms with Crippen LogP contribution in [0.1, 0.15) is 16.7 Å². The molecule has 1 atom stereocenters. The molecule has 0 spiro atoms. The first kappa shape index (κ1) is 9.36. The Bertz CT molecular complexity index is 396. The highest BCUT2D eigenvalue weighted by atomic mass is 32.1. The van der Waals surface area contributed by atoms with Crippen molar-refractivity contribution in [1.29, 1.82) is 0 Å². The number of rotatable bonds is 3. The highest BCUT2D eigenvalue weighted by Gasteiger charge is 2.11. The van der Waals surface area contributed by atoms with E-state index in [0.29, 0.717) is 12.1 Å². The summed E-state index contributed by atoms with van der Waals surface area (Å²) in [5.41, 5.74) is 2.47. The molecule has 0 aliphatic rings. The lowest BCUT2D eigenvalue weighted by Gasteiger charge is -2.04. The number of aliphatic hydroxyl groups excluding tert-OH is 1. The minimum absolute atomic E-state index is 0.531. The predicted octanol–water partition coefficient (Wildman–Crippen LogP) is 1.15. The van der Waals surface area contributed by atoms with E-state index in [-0.39, 0.29) is 0 Å². The van der Waals surface area contributed by atoms with Crippen molar-refractivity contribution in [1.82, 2.24) is 14.5 Å². The zero-order valence-corrected chi connectivity index (χ0v) is 8.61. The summed E-state index contributed by atoms with van der Waals surface area (Å²) in [5.74, 6) is 0. The molecule has 0 bridgehead atoms. The number of hydrogen-bond donors (Lipinski definition) is 1. The Morgan fingerprint density at radius 1 is 1.64 bits per heavy atom. The Hall–Kier alpha value is -1.20. The first-order valence-electron chi connectivity index (χ1n) is 4.29. The fourth-order valence-corrected chi connectivity index (χ4v) is 1.88. The van der Waals surface area contributed by atoms with Crippen molar-refractivity contribution in [2.45, 2.75) is 12.5 Å². The third-order valence-corrected chi connectivity index (χ3v) is 2.75. The molecule has 0 saturated carbocycles. The molecule has 0 aliphatic carbocycles. The van der Waals surface area contributed by atoms with Crippen LogP contribution in [0.25, 0.3) is 0 Å². The van der Waals surface area contributed by atoms with Crippen LogP contribution in [0.4, 0.5) is 0 Å². The highest BCUT2D eigenvalue weighted by Crippen LogP contribution is 2.18. The third kappa shape index (κ3) is 2.00. The van der Waals surface area contributed by atoms with E-state index >= 15 is 0 Å². The van der Waals surface area contributed by atoms with Crippen molar-refractivity contribution >= 4 is 11.3 Å². The minimum Gasteiger partial charge on any atom is -0.386 e. The fraction of sp³-hybridized carbons (Fsp3) is 0.333. The van der Waals surface area contributed by atoms with E-state index < -0.39 is 6.10 Å². The summed E-state index contributed by atoms with van der Waals surface area (Å²) in [5, 5.41) is 9.81. The molecule has 0 saturated heterocycles. The number of nitrogens with zero attached hydrogens (tertiary/aromatic N) is 3. The molecule has 4 nitrogen and oxygen atoms in total. The molecule has 0 amide bonds. The highest BCUT2D eigenvalue weighted by molar-refractivity contribution is 7.09. The van der Waals surface area contributed by atoms with E-state index in [1.807, 2.05) is 17.8 Å². The molecule has 2 rings (SSSR count). The van der Waals surface area contributed by atoms with Gasteiger partial charge in [-0.2, -0.15) is 0 Å². The molecule has 1 N–H and O–H groups in total. The SMILES string of the molecule is Cn1cnc(C(O)Cc2cncs2)c1. The predicted molar refractivity (Wildman–Crippen MR) is 54.0 cm³/mol. The number of imidazole rings is 1. The molecule has 1 unspecified atom stereocenters. The minimum atomic E-state index is -0.531. The van der Waals surface area contributed by atoms with Crippen molar-refractivity contribution in [3.63, 3.8) is 0 Å². The van der Waals surface area contributed by atoms with Crippen LogP contribution in [0, 0.1) is 0 Å². The Balaban J connectivity index is 2.06. The Labute approximate surface area is 85.9 Å². The Kier molecular flexibility index (Phi) is 2.60. The second-order valence-corrected chi connectivity index (χ2v) is 4.12. The average molecular weight is 209 g/mol. The first-order chi connectivity index (χ1) is 6.75.